The highest BCUT2D eigenvalue weighted by Gasteiger charge is 2.03. The molecule has 16 heavy (non-hydrogen) atoms. The molecule has 0 saturated carbocycles. The van der Waals surface area contributed by atoms with Gasteiger partial charge in [-0.25, -0.2) is 0 Å². The van der Waals surface area contributed by atoms with Crippen LogP contribution in [-0.4, -0.2) is 6.04 Å². The zero-order valence-electron chi connectivity index (χ0n) is 9.52. The molecule has 1 aromatic heterocycles. The van der Waals surface area contributed by atoms with Crippen molar-refractivity contribution in [1.29, 1.82) is 0 Å². The molecule has 2 heteroatoms. The van der Waals surface area contributed by atoms with Gasteiger partial charge in [0.05, 0.1) is 0 Å². The standard InChI is InChI=1S/C14H17NS/c1-11(15)7-8-13-9-10-14(16-13)12-5-3-2-4-6-12/h2-6,9-11H,7-8,15H2,1H3/t11-/m0/s1. The fraction of sp³-hybridized carbons (Fsp3) is 0.286. The monoisotopic (exact) mass is 231 g/mol. The van der Waals surface area contributed by atoms with E-state index in [1.54, 1.807) is 0 Å². The lowest BCUT2D eigenvalue weighted by molar-refractivity contribution is 0.670. The number of nitrogens with two attached hydrogens (primary N) is 1. The lowest BCUT2D eigenvalue weighted by Gasteiger charge is -2.01. The van der Waals surface area contributed by atoms with Gasteiger partial charge in [-0.05, 0) is 37.5 Å². The third-order valence-electron chi connectivity index (χ3n) is 2.57. The lowest BCUT2D eigenvalue weighted by Crippen LogP contribution is -2.14. The molecule has 0 radical (unpaired) electrons. The summed E-state index contributed by atoms with van der Waals surface area (Å²) in [4.78, 5) is 2.77. The van der Waals surface area contributed by atoms with Crippen LogP contribution in [0.5, 0.6) is 0 Å². The molecule has 0 aliphatic carbocycles. The van der Waals surface area contributed by atoms with Crippen LogP contribution in [0, 0.1) is 0 Å². The topological polar surface area (TPSA) is 26.0 Å². The summed E-state index contributed by atoms with van der Waals surface area (Å²) < 4.78 is 0. The number of hydrogen-bond donors (Lipinski definition) is 1. The van der Waals surface area contributed by atoms with E-state index in [1.807, 2.05) is 17.4 Å². The zero-order chi connectivity index (χ0) is 11.4. The zero-order valence-corrected chi connectivity index (χ0v) is 10.3. The van der Waals surface area contributed by atoms with Gasteiger partial charge in [-0.15, -0.1) is 11.3 Å². The Hall–Kier alpha value is -1.12. The van der Waals surface area contributed by atoms with Crippen molar-refractivity contribution in [1.82, 2.24) is 0 Å². The maximum Gasteiger partial charge on any atom is 0.0345 e. The summed E-state index contributed by atoms with van der Waals surface area (Å²) >= 11 is 1.87. The van der Waals surface area contributed by atoms with Crippen molar-refractivity contribution in [3.8, 4) is 10.4 Å². The van der Waals surface area contributed by atoms with Crippen molar-refractivity contribution in [2.45, 2.75) is 25.8 Å². The minimum atomic E-state index is 0.294. The fourth-order valence-electron chi connectivity index (χ4n) is 1.64. The maximum absolute atomic E-state index is 5.76. The minimum Gasteiger partial charge on any atom is -0.328 e. The molecule has 0 unspecified atom stereocenters. The largest absolute Gasteiger partial charge is 0.328 e. The quantitative estimate of drug-likeness (QED) is 0.853. The number of thiophene rings is 1. The van der Waals surface area contributed by atoms with Gasteiger partial charge in [-0.2, -0.15) is 0 Å². The second-order valence-corrected chi connectivity index (χ2v) is 5.32. The fourth-order valence-corrected chi connectivity index (χ4v) is 2.67. The minimum absolute atomic E-state index is 0.294. The Morgan fingerprint density at radius 1 is 1.12 bits per heavy atom. The maximum atomic E-state index is 5.76. The number of benzene rings is 1. The van der Waals surface area contributed by atoms with Gasteiger partial charge in [0.15, 0.2) is 0 Å². The Kier molecular flexibility index (Phi) is 3.75. The van der Waals surface area contributed by atoms with Gasteiger partial charge in [0, 0.05) is 15.8 Å². The number of aryl methyl sites for hydroxylation is 1. The molecule has 2 aromatic rings. The average Bonchev–Trinajstić information content (AvgIpc) is 2.76. The van der Waals surface area contributed by atoms with Crippen LogP contribution < -0.4 is 5.73 Å². The van der Waals surface area contributed by atoms with Crippen molar-refractivity contribution in [3.05, 3.63) is 47.3 Å². The summed E-state index contributed by atoms with van der Waals surface area (Å²) in [6.07, 6.45) is 2.16. The molecular weight excluding hydrogens is 214 g/mol. The predicted molar refractivity (Wildman–Crippen MR) is 71.7 cm³/mol. The molecule has 0 amide bonds. The van der Waals surface area contributed by atoms with Gasteiger partial charge in [0.25, 0.3) is 0 Å². The summed E-state index contributed by atoms with van der Waals surface area (Å²) in [6.45, 7) is 2.06. The van der Waals surface area contributed by atoms with E-state index in [9.17, 15) is 0 Å². The van der Waals surface area contributed by atoms with E-state index >= 15 is 0 Å². The molecule has 0 bridgehead atoms. The first-order valence-corrected chi connectivity index (χ1v) is 6.47. The van der Waals surface area contributed by atoms with Crippen molar-refractivity contribution < 1.29 is 0 Å². The summed E-state index contributed by atoms with van der Waals surface area (Å²) in [7, 11) is 0. The van der Waals surface area contributed by atoms with Gasteiger partial charge in [0.2, 0.25) is 0 Å². The van der Waals surface area contributed by atoms with Gasteiger partial charge in [0.1, 0.15) is 0 Å². The van der Waals surface area contributed by atoms with E-state index in [0.717, 1.165) is 12.8 Å². The predicted octanol–water partition coefficient (Wildman–Crippen LogP) is 3.69. The van der Waals surface area contributed by atoms with Crippen LogP contribution in [0.25, 0.3) is 10.4 Å². The van der Waals surface area contributed by atoms with Gasteiger partial charge < -0.3 is 5.73 Å². The molecule has 2 N–H and O–H groups in total. The molecule has 2 rings (SSSR count). The highest BCUT2D eigenvalue weighted by molar-refractivity contribution is 7.15. The highest BCUT2D eigenvalue weighted by Crippen LogP contribution is 2.28. The first kappa shape index (κ1) is 11.4. The van der Waals surface area contributed by atoms with Crippen molar-refractivity contribution in [2.24, 2.45) is 5.73 Å². The Labute approximate surface area is 101 Å². The second kappa shape index (κ2) is 5.28. The van der Waals surface area contributed by atoms with Gasteiger partial charge >= 0.3 is 0 Å². The Morgan fingerprint density at radius 2 is 1.88 bits per heavy atom. The number of hydrogen-bond acceptors (Lipinski definition) is 2. The van der Waals surface area contributed by atoms with Crippen LogP contribution in [0.15, 0.2) is 42.5 Å². The van der Waals surface area contributed by atoms with E-state index in [0.29, 0.717) is 6.04 Å². The molecule has 0 aliphatic rings. The summed E-state index contributed by atoms with van der Waals surface area (Å²) in [5, 5.41) is 0. The molecule has 1 nitrogen and oxygen atoms in total. The van der Waals surface area contributed by atoms with Crippen LogP contribution in [0.4, 0.5) is 0 Å². The summed E-state index contributed by atoms with van der Waals surface area (Å²) in [5.41, 5.74) is 7.07. The van der Waals surface area contributed by atoms with Crippen molar-refractivity contribution >= 4 is 11.3 Å². The molecule has 84 valence electrons. The van der Waals surface area contributed by atoms with E-state index in [2.05, 4.69) is 43.3 Å². The third kappa shape index (κ3) is 2.94. The van der Waals surface area contributed by atoms with Gasteiger partial charge in [-0.1, -0.05) is 30.3 Å². The normalized spacial score (nSPS) is 12.6. The van der Waals surface area contributed by atoms with Crippen LogP contribution >= 0.6 is 11.3 Å². The first-order chi connectivity index (χ1) is 7.75. The first-order valence-electron chi connectivity index (χ1n) is 5.65. The SMILES string of the molecule is C[C@H](N)CCc1ccc(-c2ccccc2)s1. The summed E-state index contributed by atoms with van der Waals surface area (Å²) in [6, 6.07) is 15.2. The van der Waals surface area contributed by atoms with E-state index in [1.165, 1.54) is 15.3 Å². The Bertz CT molecular complexity index is 431. The Balaban J connectivity index is 2.08. The molecule has 0 fully saturated rings. The third-order valence-corrected chi connectivity index (χ3v) is 3.76. The van der Waals surface area contributed by atoms with Gasteiger partial charge in [-0.3, -0.25) is 0 Å². The van der Waals surface area contributed by atoms with Crippen molar-refractivity contribution in [2.75, 3.05) is 0 Å². The Morgan fingerprint density at radius 3 is 2.56 bits per heavy atom. The van der Waals surface area contributed by atoms with E-state index in [4.69, 9.17) is 5.73 Å². The average molecular weight is 231 g/mol. The molecule has 1 aromatic carbocycles. The molecule has 0 saturated heterocycles. The van der Waals surface area contributed by atoms with E-state index < -0.39 is 0 Å². The van der Waals surface area contributed by atoms with E-state index in [-0.39, 0.29) is 0 Å². The molecule has 0 spiro atoms. The van der Waals surface area contributed by atoms with Crippen molar-refractivity contribution in [3.63, 3.8) is 0 Å². The van der Waals surface area contributed by atoms with Crippen LogP contribution in [0.3, 0.4) is 0 Å². The smallest absolute Gasteiger partial charge is 0.0345 e. The summed E-state index contributed by atoms with van der Waals surface area (Å²) in [5.74, 6) is 0. The highest BCUT2D eigenvalue weighted by atomic mass is 32.1. The molecular formula is C14H17NS. The van der Waals surface area contributed by atoms with Crippen LogP contribution in [-0.2, 0) is 6.42 Å². The van der Waals surface area contributed by atoms with Crippen LogP contribution in [0.2, 0.25) is 0 Å². The number of rotatable bonds is 4. The molecule has 1 heterocycles. The second-order valence-electron chi connectivity index (χ2n) is 4.15. The molecule has 0 aliphatic heterocycles. The van der Waals surface area contributed by atoms with Crippen LogP contribution in [0.1, 0.15) is 18.2 Å². The lowest BCUT2D eigenvalue weighted by atomic mass is 10.1. The molecule has 1 atom stereocenters.